The highest BCUT2D eigenvalue weighted by molar-refractivity contribution is 5.85. The van der Waals surface area contributed by atoms with Crippen molar-refractivity contribution in [3.05, 3.63) is 35.9 Å². The Morgan fingerprint density at radius 2 is 1.93 bits per heavy atom. The van der Waals surface area contributed by atoms with E-state index >= 15 is 0 Å². The van der Waals surface area contributed by atoms with Gasteiger partial charge in [0.15, 0.2) is 0 Å². The van der Waals surface area contributed by atoms with E-state index in [2.05, 4.69) is 5.32 Å². The molecule has 166 valence electrons. The first-order valence-corrected chi connectivity index (χ1v) is 10.3. The van der Waals surface area contributed by atoms with Crippen LogP contribution in [-0.2, 0) is 25.7 Å². The highest BCUT2D eigenvalue weighted by Crippen LogP contribution is 2.33. The summed E-state index contributed by atoms with van der Waals surface area (Å²) in [5, 5.41) is 13.1. The van der Waals surface area contributed by atoms with E-state index < -0.39 is 23.6 Å². The molecule has 8 nitrogen and oxygen atoms in total. The van der Waals surface area contributed by atoms with Crippen LogP contribution in [0.1, 0.15) is 45.1 Å². The fourth-order valence-corrected chi connectivity index (χ4v) is 3.86. The van der Waals surface area contributed by atoms with Crippen molar-refractivity contribution < 1.29 is 29.0 Å². The van der Waals surface area contributed by atoms with Crippen LogP contribution in [0, 0.1) is 5.92 Å². The summed E-state index contributed by atoms with van der Waals surface area (Å²) in [6.07, 6.45) is 1.05. The number of amides is 1. The summed E-state index contributed by atoms with van der Waals surface area (Å²) >= 11 is 0. The molecule has 1 aromatic carbocycles. The van der Waals surface area contributed by atoms with Crippen LogP contribution < -0.4 is 5.32 Å². The monoisotopic (exact) mass is 420 g/mol. The van der Waals surface area contributed by atoms with E-state index in [0.29, 0.717) is 25.8 Å². The minimum absolute atomic E-state index is 0.0862. The molecule has 1 aliphatic heterocycles. The van der Waals surface area contributed by atoms with Gasteiger partial charge >= 0.3 is 18.0 Å². The molecule has 0 bridgehead atoms. The number of nitrogens with one attached hydrogen (secondary N) is 1. The van der Waals surface area contributed by atoms with Crippen molar-refractivity contribution in [1.29, 1.82) is 0 Å². The fraction of sp³-hybridized carbons (Fsp3) is 0.591. The Kier molecular flexibility index (Phi) is 8.65. The van der Waals surface area contributed by atoms with Crippen molar-refractivity contribution in [2.75, 3.05) is 20.2 Å². The topological polar surface area (TPSA) is 105 Å². The Hall–Kier alpha value is -2.61. The lowest BCUT2D eigenvalue weighted by atomic mass is 9.91. The summed E-state index contributed by atoms with van der Waals surface area (Å²) in [7, 11) is 1.33. The number of hydrogen-bond donors (Lipinski definition) is 2. The number of rotatable bonds is 10. The van der Waals surface area contributed by atoms with Gasteiger partial charge < -0.3 is 19.9 Å². The number of carbonyl (C=O) groups excluding carboxylic acids is 2. The van der Waals surface area contributed by atoms with Gasteiger partial charge in [-0.3, -0.25) is 9.69 Å². The van der Waals surface area contributed by atoms with Crippen LogP contribution in [-0.4, -0.2) is 59.8 Å². The zero-order valence-electron chi connectivity index (χ0n) is 17.9. The minimum Gasteiger partial charge on any atom is -0.479 e. The van der Waals surface area contributed by atoms with Crippen molar-refractivity contribution in [1.82, 2.24) is 10.2 Å². The number of hydrogen-bond acceptors (Lipinski definition) is 6. The molecule has 1 fully saturated rings. The van der Waals surface area contributed by atoms with E-state index in [-0.39, 0.29) is 31.5 Å². The molecule has 0 aliphatic carbocycles. The van der Waals surface area contributed by atoms with Crippen molar-refractivity contribution in [2.24, 2.45) is 5.92 Å². The maximum Gasteiger partial charge on any atom is 0.411 e. The summed E-state index contributed by atoms with van der Waals surface area (Å²) in [4.78, 5) is 38.2. The van der Waals surface area contributed by atoms with E-state index in [1.807, 2.05) is 44.2 Å². The lowest BCUT2D eigenvalue weighted by molar-refractivity contribution is -0.149. The molecule has 1 aromatic rings. The molecular weight excluding hydrogens is 388 g/mol. The quantitative estimate of drug-likeness (QED) is 0.561. The van der Waals surface area contributed by atoms with Crippen LogP contribution in [0.3, 0.4) is 0 Å². The lowest BCUT2D eigenvalue weighted by Gasteiger charge is -2.34. The van der Waals surface area contributed by atoms with Gasteiger partial charge in [-0.25, -0.2) is 9.59 Å². The van der Waals surface area contributed by atoms with Gasteiger partial charge in [0.05, 0.1) is 7.11 Å². The molecule has 2 N–H and O–H groups in total. The predicted molar refractivity (Wildman–Crippen MR) is 111 cm³/mol. The molecule has 8 heteroatoms. The Balaban J connectivity index is 2.02. The van der Waals surface area contributed by atoms with Crippen LogP contribution in [0.5, 0.6) is 0 Å². The highest BCUT2D eigenvalue weighted by atomic mass is 16.6. The first kappa shape index (κ1) is 23.7. The van der Waals surface area contributed by atoms with E-state index in [1.165, 1.54) is 12.0 Å². The van der Waals surface area contributed by atoms with Gasteiger partial charge in [-0.15, -0.1) is 0 Å². The van der Waals surface area contributed by atoms with Gasteiger partial charge in [-0.1, -0.05) is 44.2 Å². The van der Waals surface area contributed by atoms with Crippen LogP contribution >= 0.6 is 0 Å². The highest BCUT2D eigenvalue weighted by Gasteiger charge is 2.50. The number of carbonyl (C=O) groups is 3. The third-order valence-corrected chi connectivity index (χ3v) is 5.43. The smallest absolute Gasteiger partial charge is 0.411 e. The normalized spacial score (nSPS) is 19.5. The number of methoxy groups -OCH3 is 1. The average Bonchev–Trinajstić information content (AvgIpc) is 3.16. The average molecular weight is 421 g/mol. The Morgan fingerprint density at radius 3 is 2.53 bits per heavy atom. The van der Waals surface area contributed by atoms with Crippen molar-refractivity contribution in [2.45, 2.75) is 57.7 Å². The summed E-state index contributed by atoms with van der Waals surface area (Å²) in [5.41, 5.74) is -0.513. The first-order valence-electron chi connectivity index (χ1n) is 10.3. The number of carboxylic acids is 1. The Labute approximate surface area is 177 Å². The summed E-state index contributed by atoms with van der Waals surface area (Å²) < 4.78 is 10.2. The maximum atomic E-state index is 12.7. The van der Waals surface area contributed by atoms with E-state index in [1.54, 1.807) is 0 Å². The van der Waals surface area contributed by atoms with Crippen molar-refractivity contribution in [3.8, 4) is 0 Å². The molecule has 0 aromatic heterocycles. The zero-order chi connectivity index (χ0) is 22.1. The third kappa shape index (κ3) is 5.95. The second-order valence-corrected chi connectivity index (χ2v) is 8.04. The largest absolute Gasteiger partial charge is 0.479 e. The predicted octanol–water partition coefficient (Wildman–Crippen LogP) is 2.81. The maximum absolute atomic E-state index is 12.7. The number of nitrogens with zero attached hydrogens (tertiary/aromatic N) is 1. The number of likely N-dealkylation sites (tertiary alicyclic amines) is 1. The minimum atomic E-state index is -1.35. The van der Waals surface area contributed by atoms with Gasteiger partial charge in [0, 0.05) is 6.54 Å². The number of benzene rings is 1. The third-order valence-electron chi connectivity index (χ3n) is 5.43. The van der Waals surface area contributed by atoms with Crippen molar-refractivity contribution in [3.63, 3.8) is 0 Å². The molecule has 0 radical (unpaired) electrons. The molecule has 2 rings (SSSR count). The van der Waals surface area contributed by atoms with E-state index in [0.717, 1.165) is 5.56 Å². The van der Waals surface area contributed by atoms with Gasteiger partial charge in [-0.2, -0.15) is 0 Å². The van der Waals surface area contributed by atoms with E-state index in [4.69, 9.17) is 9.47 Å². The Morgan fingerprint density at radius 1 is 1.23 bits per heavy atom. The SMILES string of the molecule is COC(=O)C(CC(C)C)NCC[C@]1(C(=O)O)CCCN1C(=O)OCc1ccccc1. The Bertz CT molecular complexity index is 724. The number of aliphatic carboxylic acids is 1. The van der Waals surface area contributed by atoms with Gasteiger partial charge in [-0.05, 0) is 43.7 Å². The van der Waals surface area contributed by atoms with Crippen LogP contribution in [0.15, 0.2) is 30.3 Å². The molecule has 2 atom stereocenters. The molecule has 0 spiro atoms. The molecule has 1 saturated heterocycles. The first-order chi connectivity index (χ1) is 14.3. The van der Waals surface area contributed by atoms with Crippen LogP contribution in [0.4, 0.5) is 4.79 Å². The molecule has 30 heavy (non-hydrogen) atoms. The standard InChI is InChI=1S/C22H32N2O6/c1-16(2)14-18(19(25)29-3)23-12-11-22(20(26)27)10-7-13-24(22)21(28)30-15-17-8-5-4-6-9-17/h4-6,8-9,16,18,23H,7,10-15H2,1-3H3,(H,26,27)/t18?,22-/m0/s1. The van der Waals surface area contributed by atoms with Crippen molar-refractivity contribution >= 4 is 18.0 Å². The molecule has 1 aliphatic rings. The number of ether oxygens (including phenoxy) is 2. The van der Waals surface area contributed by atoms with E-state index in [9.17, 15) is 19.5 Å². The molecule has 1 unspecified atom stereocenters. The molecule has 0 saturated carbocycles. The second-order valence-electron chi connectivity index (χ2n) is 8.04. The van der Waals surface area contributed by atoms with Crippen LogP contribution in [0.25, 0.3) is 0 Å². The van der Waals surface area contributed by atoms with Gasteiger partial charge in [0.1, 0.15) is 18.2 Å². The zero-order valence-corrected chi connectivity index (χ0v) is 17.9. The molecule has 1 amide bonds. The molecular formula is C22H32N2O6. The number of esters is 1. The van der Waals surface area contributed by atoms with Crippen LogP contribution in [0.2, 0.25) is 0 Å². The number of carboxylic acid groups (broad SMARTS) is 1. The summed E-state index contributed by atoms with van der Waals surface area (Å²) in [5.74, 6) is -1.17. The second kappa shape index (κ2) is 11.0. The summed E-state index contributed by atoms with van der Waals surface area (Å²) in [6.45, 7) is 4.67. The molecule has 1 heterocycles. The fourth-order valence-electron chi connectivity index (χ4n) is 3.86. The van der Waals surface area contributed by atoms with Gasteiger partial charge in [0.25, 0.3) is 0 Å². The van der Waals surface area contributed by atoms with Gasteiger partial charge in [0.2, 0.25) is 0 Å². The summed E-state index contributed by atoms with van der Waals surface area (Å²) in [6, 6.07) is 8.73. The lowest BCUT2D eigenvalue weighted by Crippen LogP contribution is -2.55.